The molecule has 1 N–H and O–H groups in total. The summed E-state index contributed by atoms with van der Waals surface area (Å²) < 4.78 is 28.7. The molecular formula is C25H22F2N2O4. The second kappa shape index (κ2) is 9.77. The normalized spacial score (nSPS) is 13.0. The number of hydrogen-bond donors (Lipinski definition) is 1. The van der Waals surface area contributed by atoms with Crippen LogP contribution in [0.2, 0.25) is 0 Å². The summed E-state index contributed by atoms with van der Waals surface area (Å²) in [7, 11) is 0. The van der Waals surface area contributed by atoms with Gasteiger partial charge in [-0.15, -0.1) is 0 Å². The highest BCUT2D eigenvalue weighted by Crippen LogP contribution is 2.30. The maximum absolute atomic E-state index is 12.9. The second-order valence-electron chi connectivity index (χ2n) is 7.70. The molecule has 1 aliphatic rings. The van der Waals surface area contributed by atoms with Gasteiger partial charge in [-0.2, -0.15) is 8.78 Å². The van der Waals surface area contributed by atoms with Crippen LogP contribution in [-0.2, 0) is 11.2 Å². The molecule has 0 bridgehead atoms. The third-order valence-corrected chi connectivity index (χ3v) is 5.53. The lowest BCUT2D eigenvalue weighted by molar-refractivity contribution is -0.121. The Kier molecular flexibility index (Phi) is 6.63. The van der Waals surface area contributed by atoms with Crippen LogP contribution in [0.5, 0.6) is 5.75 Å². The van der Waals surface area contributed by atoms with Crippen LogP contribution < -0.4 is 10.1 Å². The zero-order valence-electron chi connectivity index (χ0n) is 17.7. The molecule has 4 rings (SSSR count). The van der Waals surface area contributed by atoms with Gasteiger partial charge in [0.25, 0.3) is 11.8 Å². The number of carbonyl (C=O) groups excluding carboxylic acids is 3. The predicted molar refractivity (Wildman–Crippen MR) is 118 cm³/mol. The molecule has 0 saturated heterocycles. The number of carbonyl (C=O) groups is 3. The molecule has 0 atom stereocenters. The van der Waals surface area contributed by atoms with E-state index >= 15 is 0 Å². The Morgan fingerprint density at radius 3 is 2.18 bits per heavy atom. The maximum atomic E-state index is 12.9. The standard InChI is InChI=1S/C25H22F2N2O4/c26-25(27)33-18-11-9-16(10-12-18)13-14-28-21(30)8-3-15-29-23(31)19-6-1-4-17-5-2-7-20(22(17)19)24(29)32/h1-2,4-7,9-12,25H,3,8,13-15H2,(H,28,30). The molecule has 0 radical (unpaired) electrons. The number of imide groups is 1. The molecule has 6 nitrogen and oxygen atoms in total. The van der Waals surface area contributed by atoms with Gasteiger partial charge in [-0.05, 0) is 48.1 Å². The zero-order valence-corrected chi connectivity index (χ0v) is 17.7. The van der Waals surface area contributed by atoms with E-state index in [9.17, 15) is 23.2 Å². The van der Waals surface area contributed by atoms with Crippen LogP contribution in [0.4, 0.5) is 8.78 Å². The van der Waals surface area contributed by atoms with Crippen LogP contribution in [0.15, 0.2) is 60.7 Å². The van der Waals surface area contributed by atoms with E-state index in [4.69, 9.17) is 0 Å². The van der Waals surface area contributed by atoms with Crippen molar-refractivity contribution in [3.8, 4) is 5.75 Å². The van der Waals surface area contributed by atoms with Crippen molar-refractivity contribution in [1.29, 1.82) is 0 Å². The molecule has 170 valence electrons. The number of benzene rings is 3. The van der Waals surface area contributed by atoms with E-state index in [0.29, 0.717) is 35.9 Å². The molecule has 33 heavy (non-hydrogen) atoms. The first-order valence-corrected chi connectivity index (χ1v) is 10.6. The molecule has 0 spiro atoms. The van der Waals surface area contributed by atoms with Gasteiger partial charge < -0.3 is 10.1 Å². The number of rotatable bonds is 9. The third-order valence-electron chi connectivity index (χ3n) is 5.53. The van der Waals surface area contributed by atoms with Crippen LogP contribution in [-0.4, -0.2) is 42.3 Å². The summed E-state index contributed by atoms with van der Waals surface area (Å²) in [4.78, 5) is 39.1. The number of nitrogens with zero attached hydrogens (tertiary/aromatic N) is 1. The van der Waals surface area contributed by atoms with Crippen LogP contribution in [0.1, 0.15) is 39.1 Å². The van der Waals surface area contributed by atoms with Crippen molar-refractivity contribution in [3.05, 3.63) is 77.4 Å². The minimum Gasteiger partial charge on any atom is -0.435 e. The van der Waals surface area contributed by atoms with Crippen LogP contribution in [0, 0.1) is 0 Å². The molecule has 0 unspecified atom stereocenters. The van der Waals surface area contributed by atoms with Gasteiger partial charge in [0, 0.05) is 36.0 Å². The average molecular weight is 452 g/mol. The number of nitrogens with one attached hydrogen (secondary N) is 1. The number of halogens is 2. The first-order chi connectivity index (χ1) is 15.9. The number of hydrogen-bond acceptors (Lipinski definition) is 4. The Morgan fingerprint density at radius 1 is 0.939 bits per heavy atom. The van der Waals surface area contributed by atoms with Gasteiger partial charge in [0.2, 0.25) is 5.91 Å². The minimum absolute atomic E-state index is 0.0819. The predicted octanol–water partition coefficient (Wildman–Crippen LogP) is 4.18. The van der Waals surface area contributed by atoms with Gasteiger partial charge in [-0.25, -0.2) is 0 Å². The molecule has 0 fully saturated rings. The highest BCUT2D eigenvalue weighted by molar-refractivity contribution is 6.25. The summed E-state index contributed by atoms with van der Waals surface area (Å²) in [5, 5.41) is 4.32. The molecule has 3 amide bonds. The first kappa shape index (κ1) is 22.4. The summed E-state index contributed by atoms with van der Waals surface area (Å²) in [5.41, 5.74) is 1.86. The number of amides is 3. The molecule has 0 aromatic heterocycles. The van der Waals surface area contributed by atoms with E-state index in [-0.39, 0.29) is 36.4 Å². The van der Waals surface area contributed by atoms with Gasteiger partial charge >= 0.3 is 6.61 Å². The monoisotopic (exact) mass is 452 g/mol. The summed E-state index contributed by atoms with van der Waals surface area (Å²) in [5.74, 6) is -0.793. The average Bonchev–Trinajstić information content (AvgIpc) is 2.80. The van der Waals surface area contributed by atoms with Crippen LogP contribution in [0.25, 0.3) is 10.8 Å². The van der Waals surface area contributed by atoms with E-state index in [1.54, 1.807) is 36.4 Å². The summed E-state index contributed by atoms with van der Waals surface area (Å²) in [6.45, 7) is -2.33. The first-order valence-electron chi connectivity index (χ1n) is 10.6. The Balaban J connectivity index is 1.25. The lowest BCUT2D eigenvalue weighted by atomic mass is 9.94. The topological polar surface area (TPSA) is 75.7 Å². The molecule has 3 aromatic carbocycles. The number of ether oxygens (including phenoxy) is 1. The molecule has 0 saturated carbocycles. The maximum Gasteiger partial charge on any atom is 0.387 e. The Labute approximate surface area is 189 Å². The smallest absolute Gasteiger partial charge is 0.387 e. The molecule has 0 aliphatic carbocycles. The summed E-state index contributed by atoms with van der Waals surface area (Å²) in [6.07, 6.45) is 1.05. The fourth-order valence-electron chi connectivity index (χ4n) is 3.95. The van der Waals surface area contributed by atoms with Gasteiger partial charge in [-0.3, -0.25) is 19.3 Å². The molecular weight excluding hydrogens is 430 g/mol. The fraction of sp³-hybridized carbons (Fsp3) is 0.240. The van der Waals surface area contributed by atoms with E-state index in [1.807, 2.05) is 12.1 Å². The molecule has 3 aromatic rings. The minimum atomic E-state index is -2.87. The Hall–Kier alpha value is -3.81. The van der Waals surface area contributed by atoms with Crippen molar-refractivity contribution in [2.75, 3.05) is 13.1 Å². The van der Waals surface area contributed by atoms with E-state index in [1.165, 1.54) is 17.0 Å². The van der Waals surface area contributed by atoms with Crippen molar-refractivity contribution >= 4 is 28.5 Å². The third kappa shape index (κ3) is 5.00. The van der Waals surface area contributed by atoms with Gasteiger partial charge in [0.1, 0.15) is 5.75 Å². The fourth-order valence-corrected chi connectivity index (χ4v) is 3.95. The summed E-state index contributed by atoms with van der Waals surface area (Å²) in [6, 6.07) is 17.0. The Bertz CT molecular complexity index is 1140. The quantitative estimate of drug-likeness (QED) is 0.495. The molecule has 1 heterocycles. The van der Waals surface area contributed by atoms with Crippen molar-refractivity contribution < 1.29 is 27.9 Å². The van der Waals surface area contributed by atoms with Crippen molar-refractivity contribution in [3.63, 3.8) is 0 Å². The van der Waals surface area contributed by atoms with Gasteiger partial charge in [0.15, 0.2) is 0 Å². The molecule has 8 heteroatoms. The van der Waals surface area contributed by atoms with E-state index < -0.39 is 6.61 Å². The highest BCUT2D eigenvalue weighted by atomic mass is 19.3. The van der Waals surface area contributed by atoms with Crippen molar-refractivity contribution in [2.45, 2.75) is 25.9 Å². The molecule has 1 aliphatic heterocycles. The second-order valence-corrected chi connectivity index (χ2v) is 7.70. The lowest BCUT2D eigenvalue weighted by Crippen LogP contribution is -2.41. The SMILES string of the molecule is O=C(CCCN1C(=O)c2cccc3cccc(c23)C1=O)NCCc1ccc(OC(F)F)cc1. The van der Waals surface area contributed by atoms with Gasteiger partial charge in [0.05, 0.1) is 0 Å². The zero-order chi connectivity index (χ0) is 23.4. The van der Waals surface area contributed by atoms with Gasteiger partial charge in [-0.1, -0.05) is 36.4 Å². The lowest BCUT2D eigenvalue weighted by Gasteiger charge is -2.27. The van der Waals surface area contributed by atoms with E-state index in [0.717, 1.165) is 10.9 Å². The number of alkyl halides is 2. The van der Waals surface area contributed by atoms with Crippen molar-refractivity contribution in [2.24, 2.45) is 0 Å². The highest BCUT2D eigenvalue weighted by Gasteiger charge is 2.32. The van der Waals surface area contributed by atoms with Crippen LogP contribution >= 0.6 is 0 Å². The largest absolute Gasteiger partial charge is 0.435 e. The Morgan fingerprint density at radius 2 is 1.58 bits per heavy atom. The van der Waals surface area contributed by atoms with Crippen molar-refractivity contribution in [1.82, 2.24) is 10.2 Å². The van der Waals surface area contributed by atoms with E-state index in [2.05, 4.69) is 10.1 Å². The van der Waals surface area contributed by atoms with Crippen LogP contribution in [0.3, 0.4) is 0 Å². The summed E-state index contributed by atoms with van der Waals surface area (Å²) >= 11 is 0.